The minimum atomic E-state index is -5.08. The van der Waals surface area contributed by atoms with Gasteiger partial charge >= 0.3 is 18.1 Å². The zero-order valence-corrected chi connectivity index (χ0v) is 12.0. The van der Waals surface area contributed by atoms with Crippen LogP contribution in [-0.2, 0) is 14.3 Å². The monoisotopic (exact) mass is 329 g/mol. The number of ether oxygens (including phenoxy) is 1. The molecule has 124 valence electrons. The Balaban J connectivity index is 0.000000322. The summed E-state index contributed by atoms with van der Waals surface area (Å²) in [5.41, 5.74) is 6.64. The van der Waals surface area contributed by atoms with E-state index < -0.39 is 24.2 Å². The maximum absolute atomic E-state index is 11.4. The number of carboxylic acids is 1. The second-order valence-electron chi connectivity index (χ2n) is 4.37. The molecular weight excluding hydrogens is 315 g/mol. The van der Waals surface area contributed by atoms with Crippen LogP contribution in [0.15, 0.2) is 42.5 Å². The zero-order chi connectivity index (χ0) is 17.6. The van der Waals surface area contributed by atoms with Gasteiger partial charge in [0.25, 0.3) is 0 Å². The molecule has 0 heterocycles. The number of alkyl halides is 3. The lowest BCUT2D eigenvalue weighted by atomic mass is 9.99. The molecule has 0 fully saturated rings. The molecule has 0 aliphatic rings. The zero-order valence-electron chi connectivity index (χ0n) is 12.0. The quantitative estimate of drug-likeness (QED) is 0.827. The molecule has 1 unspecified atom stereocenters. The lowest BCUT2D eigenvalue weighted by Gasteiger charge is -2.12. The molecule has 2 rings (SSSR count). The van der Waals surface area contributed by atoms with E-state index in [2.05, 4.69) is 4.74 Å². The fraction of sp³-hybridized carbons (Fsp3) is 0.200. The summed E-state index contributed by atoms with van der Waals surface area (Å²) < 4.78 is 36.4. The van der Waals surface area contributed by atoms with Gasteiger partial charge in [0.05, 0.1) is 7.11 Å². The molecule has 23 heavy (non-hydrogen) atoms. The topological polar surface area (TPSA) is 89.6 Å². The van der Waals surface area contributed by atoms with Gasteiger partial charge in [0, 0.05) is 0 Å². The van der Waals surface area contributed by atoms with Crippen LogP contribution in [0.2, 0.25) is 0 Å². The lowest BCUT2D eigenvalue weighted by molar-refractivity contribution is -0.192. The second-order valence-corrected chi connectivity index (χ2v) is 4.37. The molecular formula is C15H14F3NO4. The van der Waals surface area contributed by atoms with Crippen LogP contribution in [0, 0.1) is 0 Å². The van der Waals surface area contributed by atoms with Crippen molar-refractivity contribution in [2.75, 3.05) is 7.11 Å². The molecule has 0 saturated heterocycles. The molecule has 0 saturated carbocycles. The van der Waals surface area contributed by atoms with Gasteiger partial charge in [-0.05, 0) is 16.3 Å². The minimum absolute atomic E-state index is 0.420. The minimum Gasteiger partial charge on any atom is -0.475 e. The number of benzene rings is 2. The highest BCUT2D eigenvalue weighted by molar-refractivity contribution is 5.90. The van der Waals surface area contributed by atoms with Gasteiger partial charge < -0.3 is 15.6 Å². The summed E-state index contributed by atoms with van der Waals surface area (Å²) in [6, 6.07) is 12.8. The van der Waals surface area contributed by atoms with E-state index in [1.807, 2.05) is 42.5 Å². The molecule has 0 radical (unpaired) electrons. The van der Waals surface area contributed by atoms with Gasteiger partial charge in [-0.3, -0.25) is 4.79 Å². The summed E-state index contributed by atoms with van der Waals surface area (Å²) in [5, 5.41) is 9.18. The number of fused-ring (bicyclic) bond motifs is 1. The van der Waals surface area contributed by atoms with E-state index in [9.17, 15) is 18.0 Å². The molecule has 1 atom stereocenters. The van der Waals surface area contributed by atoms with E-state index >= 15 is 0 Å². The van der Waals surface area contributed by atoms with Crippen molar-refractivity contribution in [1.29, 1.82) is 0 Å². The Labute approximate surface area is 129 Å². The third-order valence-corrected chi connectivity index (χ3v) is 2.86. The van der Waals surface area contributed by atoms with Gasteiger partial charge in [0.15, 0.2) is 0 Å². The number of methoxy groups -OCH3 is 1. The fourth-order valence-corrected chi connectivity index (χ4v) is 1.78. The van der Waals surface area contributed by atoms with E-state index in [1.54, 1.807) is 0 Å². The third-order valence-electron chi connectivity index (χ3n) is 2.86. The molecule has 0 amide bonds. The van der Waals surface area contributed by atoms with E-state index in [1.165, 1.54) is 7.11 Å². The van der Waals surface area contributed by atoms with Crippen LogP contribution in [-0.4, -0.2) is 30.3 Å². The number of hydrogen-bond donors (Lipinski definition) is 2. The Hall–Kier alpha value is -2.61. The van der Waals surface area contributed by atoms with Crippen molar-refractivity contribution in [3.05, 3.63) is 48.0 Å². The number of nitrogens with two attached hydrogens (primary N) is 1. The van der Waals surface area contributed by atoms with Crippen molar-refractivity contribution in [2.45, 2.75) is 12.2 Å². The Morgan fingerprint density at radius 3 is 2.17 bits per heavy atom. The van der Waals surface area contributed by atoms with Gasteiger partial charge in [-0.25, -0.2) is 4.79 Å². The number of aliphatic carboxylic acids is 1. The number of hydrogen-bond acceptors (Lipinski definition) is 4. The molecule has 2 aromatic rings. The van der Waals surface area contributed by atoms with Crippen molar-refractivity contribution < 1.29 is 32.6 Å². The SMILES string of the molecule is COC(=O)C(N)c1cccc2ccccc12.O=C(O)C(F)(F)F. The maximum Gasteiger partial charge on any atom is 0.490 e. The molecule has 0 aliphatic carbocycles. The molecule has 8 heteroatoms. The Kier molecular flexibility index (Phi) is 6.09. The standard InChI is InChI=1S/C13H13NO2.C2HF3O2/c1-16-13(15)12(14)11-8-4-6-9-5-2-3-7-10(9)11;3-2(4,5)1(6)7/h2-8,12H,14H2,1H3;(H,6,7). The number of halogens is 3. The smallest absolute Gasteiger partial charge is 0.475 e. The lowest BCUT2D eigenvalue weighted by Crippen LogP contribution is -2.22. The first-order chi connectivity index (χ1) is 10.7. The first kappa shape index (κ1) is 18.4. The van der Waals surface area contributed by atoms with Crippen molar-refractivity contribution >= 4 is 22.7 Å². The Bertz CT molecular complexity index is 695. The predicted octanol–water partition coefficient (Wildman–Crippen LogP) is 2.65. The van der Waals surface area contributed by atoms with E-state index in [-0.39, 0.29) is 0 Å². The molecule has 0 spiro atoms. The third kappa shape index (κ3) is 4.96. The average molecular weight is 329 g/mol. The highest BCUT2D eigenvalue weighted by Gasteiger charge is 2.38. The number of esters is 1. The normalized spacial score (nSPS) is 12.0. The van der Waals surface area contributed by atoms with Gasteiger partial charge in [0.2, 0.25) is 0 Å². The number of carbonyl (C=O) groups is 2. The first-order valence-corrected chi connectivity index (χ1v) is 6.29. The number of rotatable bonds is 2. The molecule has 0 bridgehead atoms. The van der Waals surface area contributed by atoms with Crippen molar-refractivity contribution in [3.63, 3.8) is 0 Å². The Morgan fingerprint density at radius 1 is 1.13 bits per heavy atom. The average Bonchev–Trinajstić information content (AvgIpc) is 2.52. The highest BCUT2D eigenvalue weighted by Crippen LogP contribution is 2.23. The summed E-state index contributed by atoms with van der Waals surface area (Å²) in [6.45, 7) is 0. The van der Waals surface area contributed by atoms with Crippen LogP contribution in [0.5, 0.6) is 0 Å². The van der Waals surface area contributed by atoms with Crippen LogP contribution >= 0.6 is 0 Å². The van der Waals surface area contributed by atoms with Gasteiger partial charge in [0.1, 0.15) is 6.04 Å². The summed E-state index contributed by atoms with van der Waals surface area (Å²) in [6.07, 6.45) is -5.08. The largest absolute Gasteiger partial charge is 0.490 e. The fourth-order valence-electron chi connectivity index (χ4n) is 1.78. The van der Waals surface area contributed by atoms with Crippen molar-refractivity contribution in [2.24, 2.45) is 5.73 Å². The van der Waals surface area contributed by atoms with Gasteiger partial charge in [-0.2, -0.15) is 13.2 Å². The summed E-state index contributed by atoms with van der Waals surface area (Å²) in [7, 11) is 1.34. The first-order valence-electron chi connectivity index (χ1n) is 6.29. The highest BCUT2D eigenvalue weighted by atomic mass is 19.4. The maximum atomic E-state index is 11.4. The molecule has 0 aliphatic heterocycles. The number of carboxylic acid groups (broad SMARTS) is 1. The molecule has 2 aromatic carbocycles. The van der Waals surface area contributed by atoms with E-state index in [4.69, 9.17) is 15.6 Å². The van der Waals surface area contributed by atoms with Crippen molar-refractivity contribution in [3.8, 4) is 0 Å². The number of carbonyl (C=O) groups excluding carboxylic acids is 1. The molecule has 3 N–H and O–H groups in total. The van der Waals surface area contributed by atoms with Crippen LogP contribution in [0.4, 0.5) is 13.2 Å². The van der Waals surface area contributed by atoms with Gasteiger partial charge in [-0.1, -0.05) is 42.5 Å². The summed E-state index contributed by atoms with van der Waals surface area (Å²) >= 11 is 0. The van der Waals surface area contributed by atoms with Crippen LogP contribution in [0.1, 0.15) is 11.6 Å². The Morgan fingerprint density at radius 2 is 1.65 bits per heavy atom. The molecule has 0 aromatic heterocycles. The van der Waals surface area contributed by atoms with Crippen LogP contribution in [0.3, 0.4) is 0 Å². The summed E-state index contributed by atoms with van der Waals surface area (Å²) in [5.74, 6) is -3.18. The van der Waals surface area contributed by atoms with E-state index in [0.717, 1.165) is 16.3 Å². The van der Waals surface area contributed by atoms with Crippen LogP contribution < -0.4 is 5.73 Å². The summed E-state index contributed by atoms with van der Waals surface area (Å²) in [4.78, 5) is 20.3. The van der Waals surface area contributed by atoms with Crippen LogP contribution in [0.25, 0.3) is 10.8 Å². The van der Waals surface area contributed by atoms with Gasteiger partial charge in [-0.15, -0.1) is 0 Å². The predicted molar refractivity (Wildman–Crippen MR) is 76.6 cm³/mol. The van der Waals surface area contributed by atoms with E-state index in [0.29, 0.717) is 0 Å². The van der Waals surface area contributed by atoms with Crippen molar-refractivity contribution in [1.82, 2.24) is 0 Å². The second kappa shape index (κ2) is 7.59. The molecule has 5 nitrogen and oxygen atoms in total.